The van der Waals surface area contributed by atoms with Crippen LogP contribution in [-0.2, 0) is 9.84 Å². The molecule has 0 bridgehead atoms. The van der Waals surface area contributed by atoms with E-state index in [1.54, 1.807) is 14.0 Å². The molecular weight excluding hydrogens is 334 g/mol. The quantitative estimate of drug-likeness (QED) is 0.912. The topological polar surface area (TPSA) is 46.2 Å². The van der Waals surface area contributed by atoms with Gasteiger partial charge in [0.25, 0.3) is 0 Å². The molecule has 1 aromatic rings. The first-order valence-electron chi connectivity index (χ1n) is 4.58. The Morgan fingerprint density at radius 3 is 2.44 bits per heavy atom. The van der Waals surface area contributed by atoms with Crippen molar-refractivity contribution in [1.82, 2.24) is 5.32 Å². The highest BCUT2D eigenvalue weighted by atomic mass is 79.9. The summed E-state index contributed by atoms with van der Waals surface area (Å²) in [7, 11) is -1.34. The van der Waals surface area contributed by atoms with E-state index in [0.29, 0.717) is 4.34 Å². The van der Waals surface area contributed by atoms with Crippen molar-refractivity contribution in [3.8, 4) is 0 Å². The molecule has 0 fully saturated rings. The molecule has 2 unspecified atom stereocenters. The third kappa shape index (κ3) is 3.20. The van der Waals surface area contributed by atoms with E-state index in [0.717, 1.165) is 9.35 Å². The van der Waals surface area contributed by atoms with Crippen LogP contribution < -0.4 is 5.32 Å². The lowest BCUT2D eigenvalue weighted by molar-refractivity contribution is 0.539. The number of hydrogen-bond acceptors (Lipinski definition) is 4. The lowest BCUT2D eigenvalue weighted by Gasteiger charge is -2.20. The summed E-state index contributed by atoms with van der Waals surface area (Å²) < 4.78 is 24.5. The number of halogens is 2. The summed E-state index contributed by atoms with van der Waals surface area (Å²) in [5, 5.41) is 2.53. The molecule has 0 spiro atoms. The van der Waals surface area contributed by atoms with Crippen LogP contribution >= 0.6 is 38.9 Å². The van der Waals surface area contributed by atoms with Gasteiger partial charge in [0, 0.05) is 15.6 Å². The number of nitrogens with one attached hydrogen (secondary N) is 1. The summed E-state index contributed by atoms with van der Waals surface area (Å²) >= 11 is 10.6. The van der Waals surface area contributed by atoms with E-state index in [2.05, 4.69) is 21.2 Å². The van der Waals surface area contributed by atoms with Gasteiger partial charge in [-0.1, -0.05) is 11.6 Å². The molecule has 0 aromatic carbocycles. The number of rotatable bonds is 4. The zero-order chi connectivity index (χ0) is 12.5. The lowest BCUT2D eigenvalue weighted by Crippen LogP contribution is -2.32. The number of hydrogen-bond donors (Lipinski definition) is 1. The Bertz CT molecular complexity index is 452. The highest BCUT2D eigenvalue weighted by Gasteiger charge is 2.27. The minimum atomic E-state index is -3.08. The molecule has 1 rings (SSSR count). The van der Waals surface area contributed by atoms with Gasteiger partial charge in [-0.2, -0.15) is 0 Å². The van der Waals surface area contributed by atoms with Crippen molar-refractivity contribution in [1.29, 1.82) is 0 Å². The van der Waals surface area contributed by atoms with Crippen LogP contribution in [0.15, 0.2) is 10.5 Å². The summed E-state index contributed by atoms with van der Waals surface area (Å²) in [5.41, 5.74) is 0. The van der Waals surface area contributed by atoms with Gasteiger partial charge in [-0.3, -0.25) is 0 Å². The highest BCUT2D eigenvalue weighted by Crippen LogP contribution is 2.37. The number of sulfone groups is 1. The second kappa shape index (κ2) is 5.35. The van der Waals surface area contributed by atoms with E-state index >= 15 is 0 Å². The van der Waals surface area contributed by atoms with Gasteiger partial charge in [0.1, 0.15) is 4.34 Å². The average molecular weight is 347 g/mol. The van der Waals surface area contributed by atoms with E-state index in [9.17, 15) is 8.42 Å². The van der Waals surface area contributed by atoms with Gasteiger partial charge in [0.05, 0.1) is 11.3 Å². The van der Waals surface area contributed by atoms with Crippen molar-refractivity contribution in [3.63, 3.8) is 0 Å². The van der Waals surface area contributed by atoms with Crippen LogP contribution in [0, 0.1) is 0 Å². The van der Waals surface area contributed by atoms with Gasteiger partial charge >= 0.3 is 0 Å². The first-order chi connectivity index (χ1) is 7.27. The molecule has 3 nitrogen and oxygen atoms in total. The molecule has 1 aromatic heterocycles. The second-order valence-corrected chi connectivity index (χ2v) is 8.51. The molecule has 1 N–H and O–H groups in total. The van der Waals surface area contributed by atoms with Gasteiger partial charge in [0.2, 0.25) is 0 Å². The summed E-state index contributed by atoms with van der Waals surface area (Å²) in [4.78, 5) is 0.914. The monoisotopic (exact) mass is 345 g/mol. The highest BCUT2D eigenvalue weighted by molar-refractivity contribution is 9.10. The molecule has 1 heterocycles. The summed E-state index contributed by atoms with van der Waals surface area (Å²) in [6, 6.07) is 1.62. The predicted octanol–water partition coefficient (Wildman–Crippen LogP) is 2.86. The van der Waals surface area contributed by atoms with Crippen LogP contribution in [0.5, 0.6) is 0 Å². The summed E-state index contributed by atoms with van der Waals surface area (Å²) in [6.07, 6.45) is 1.24. The minimum Gasteiger partial charge on any atom is -0.311 e. The average Bonchev–Trinajstić information content (AvgIpc) is 2.46. The van der Waals surface area contributed by atoms with Gasteiger partial charge in [-0.15, -0.1) is 11.3 Å². The Morgan fingerprint density at radius 2 is 2.12 bits per heavy atom. The standard InChI is InChI=1S/C9H13BrClNO2S2/c1-5(16(3,13)14)8(12-2)7-4-6(10)9(11)15-7/h4-5,8,12H,1-3H3. The molecule has 2 atom stereocenters. The zero-order valence-corrected chi connectivity index (χ0v) is 13.1. The van der Waals surface area contributed by atoms with Crippen LogP contribution in [0.1, 0.15) is 17.8 Å². The SMILES string of the molecule is CNC(c1cc(Br)c(Cl)s1)C(C)S(C)(=O)=O. The van der Waals surface area contributed by atoms with E-state index in [1.165, 1.54) is 17.6 Å². The fraction of sp³-hybridized carbons (Fsp3) is 0.556. The summed E-state index contributed by atoms with van der Waals surface area (Å²) in [5.74, 6) is 0. The second-order valence-electron chi connectivity index (χ2n) is 3.57. The fourth-order valence-corrected chi connectivity index (χ4v) is 4.19. The first-order valence-corrected chi connectivity index (χ1v) is 8.52. The van der Waals surface area contributed by atoms with E-state index in [-0.39, 0.29) is 6.04 Å². The minimum absolute atomic E-state index is 0.233. The largest absolute Gasteiger partial charge is 0.311 e. The molecule has 0 aliphatic rings. The molecule has 0 saturated carbocycles. The molecule has 7 heteroatoms. The Kier molecular flexibility index (Phi) is 4.83. The van der Waals surface area contributed by atoms with Gasteiger partial charge in [0.15, 0.2) is 9.84 Å². The number of thiophene rings is 1. The van der Waals surface area contributed by atoms with Crippen LogP contribution in [0.3, 0.4) is 0 Å². The Labute approximate surface area is 113 Å². The van der Waals surface area contributed by atoms with Crippen LogP contribution in [0.2, 0.25) is 4.34 Å². The Balaban J connectivity index is 3.08. The molecular formula is C9H13BrClNO2S2. The molecule has 0 aliphatic heterocycles. The molecule has 0 amide bonds. The lowest BCUT2D eigenvalue weighted by atomic mass is 10.2. The maximum absolute atomic E-state index is 11.5. The molecule has 16 heavy (non-hydrogen) atoms. The van der Waals surface area contributed by atoms with E-state index < -0.39 is 15.1 Å². The molecule has 92 valence electrons. The van der Waals surface area contributed by atoms with Gasteiger partial charge in [-0.05, 0) is 36.0 Å². The van der Waals surface area contributed by atoms with Crippen molar-refractivity contribution in [2.24, 2.45) is 0 Å². The van der Waals surface area contributed by atoms with Crippen LogP contribution in [0.4, 0.5) is 0 Å². The van der Waals surface area contributed by atoms with Crippen LogP contribution in [-0.4, -0.2) is 27.0 Å². The fourth-order valence-electron chi connectivity index (χ4n) is 1.37. The van der Waals surface area contributed by atoms with Crippen molar-refractivity contribution in [2.75, 3.05) is 13.3 Å². The zero-order valence-electron chi connectivity index (χ0n) is 9.12. The summed E-state index contributed by atoms with van der Waals surface area (Å²) in [6.45, 7) is 1.69. The molecule has 0 aliphatic carbocycles. The van der Waals surface area contributed by atoms with Crippen molar-refractivity contribution < 1.29 is 8.42 Å². The third-order valence-electron chi connectivity index (χ3n) is 2.43. The maximum atomic E-state index is 11.5. The van der Waals surface area contributed by atoms with E-state index in [1.807, 2.05) is 6.07 Å². The normalized spacial score (nSPS) is 16.1. The molecule has 0 radical (unpaired) electrons. The van der Waals surface area contributed by atoms with Crippen LogP contribution in [0.25, 0.3) is 0 Å². The van der Waals surface area contributed by atoms with Crippen molar-refractivity contribution in [2.45, 2.75) is 18.2 Å². The van der Waals surface area contributed by atoms with Gasteiger partial charge in [-0.25, -0.2) is 8.42 Å². The third-order valence-corrected chi connectivity index (χ3v) is 6.61. The molecule has 0 saturated heterocycles. The van der Waals surface area contributed by atoms with Crippen molar-refractivity contribution in [3.05, 3.63) is 19.8 Å². The smallest absolute Gasteiger partial charge is 0.151 e. The Morgan fingerprint density at radius 1 is 1.56 bits per heavy atom. The first kappa shape index (κ1) is 14.4. The Hall–Kier alpha value is 0.380. The van der Waals surface area contributed by atoms with E-state index in [4.69, 9.17) is 11.6 Å². The predicted molar refractivity (Wildman–Crippen MR) is 73.1 cm³/mol. The maximum Gasteiger partial charge on any atom is 0.151 e. The van der Waals surface area contributed by atoms with Crippen molar-refractivity contribution >= 4 is 48.7 Å². The van der Waals surface area contributed by atoms with Gasteiger partial charge < -0.3 is 5.32 Å².